The molecule has 7 unspecified atom stereocenters. The fourth-order valence-corrected chi connectivity index (χ4v) is 7.68. The van der Waals surface area contributed by atoms with Crippen molar-refractivity contribution in [2.45, 2.75) is 57.8 Å². The molecule has 132 valence electrons. The van der Waals surface area contributed by atoms with Crippen LogP contribution in [-0.4, -0.2) is 24.3 Å². The van der Waals surface area contributed by atoms with Gasteiger partial charge in [0.15, 0.2) is 0 Å². The van der Waals surface area contributed by atoms with Gasteiger partial charge in [0.25, 0.3) is 0 Å². The first-order chi connectivity index (χ1) is 11.7. The number of carboxylic acids is 1. The Morgan fingerprint density at radius 3 is 2.88 bits per heavy atom. The van der Waals surface area contributed by atoms with Crippen molar-refractivity contribution in [3.05, 3.63) is 11.6 Å². The van der Waals surface area contributed by atoms with Crippen molar-refractivity contribution in [3.8, 4) is 0 Å². The van der Waals surface area contributed by atoms with Crippen LogP contribution in [0.25, 0.3) is 0 Å². The van der Waals surface area contributed by atoms with Crippen LogP contribution in [0.2, 0.25) is 0 Å². The van der Waals surface area contributed by atoms with E-state index in [1.807, 2.05) is 0 Å². The van der Waals surface area contributed by atoms with E-state index in [2.05, 4.69) is 6.08 Å². The Balaban J connectivity index is 1.49. The van der Waals surface area contributed by atoms with Gasteiger partial charge < -0.3 is 9.84 Å². The van der Waals surface area contributed by atoms with Crippen LogP contribution in [0.1, 0.15) is 57.8 Å². The van der Waals surface area contributed by atoms with Crippen molar-refractivity contribution < 1.29 is 14.6 Å². The van der Waals surface area contributed by atoms with Crippen LogP contribution in [0.4, 0.5) is 0 Å². The van der Waals surface area contributed by atoms with E-state index in [0.29, 0.717) is 23.2 Å². The third kappa shape index (κ3) is 2.03. The zero-order valence-electron chi connectivity index (χ0n) is 14.6. The monoisotopic (exact) mass is 330 g/mol. The van der Waals surface area contributed by atoms with Gasteiger partial charge in [0.05, 0.1) is 19.1 Å². The van der Waals surface area contributed by atoms with E-state index in [9.17, 15) is 9.90 Å². The first-order valence-electron chi connectivity index (χ1n) is 10.2. The number of hydrogen-bond acceptors (Lipinski definition) is 2. The zero-order chi connectivity index (χ0) is 16.3. The summed E-state index contributed by atoms with van der Waals surface area (Å²) in [5, 5.41) is 9.67. The van der Waals surface area contributed by atoms with Gasteiger partial charge in [-0.15, -0.1) is 0 Å². The van der Waals surface area contributed by atoms with E-state index in [1.54, 1.807) is 5.57 Å². The minimum Gasteiger partial charge on any atom is -0.481 e. The maximum absolute atomic E-state index is 11.7. The van der Waals surface area contributed by atoms with Crippen molar-refractivity contribution >= 4 is 5.97 Å². The first-order valence-corrected chi connectivity index (χ1v) is 10.2. The Labute approximate surface area is 144 Å². The quantitative estimate of drug-likeness (QED) is 0.730. The van der Waals surface area contributed by atoms with Crippen molar-refractivity contribution in [3.63, 3.8) is 0 Å². The summed E-state index contributed by atoms with van der Waals surface area (Å²) in [5.74, 6) is 2.64. The Hall–Kier alpha value is -0.830. The number of aliphatic carboxylic acids is 1. The lowest BCUT2D eigenvalue weighted by atomic mass is 9.46. The smallest absolute Gasteiger partial charge is 0.306 e. The average molecular weight is 330 g/mol. The second-order valence-electron chi connectivity index (χ2n) is 9.21. The summed E-state index contributed by atoms with van der Waals surface area (Å²) < 4.78 is 6.11. The van der Waals surface area contributed by atoms with Crippen LogP contribution < -0.4 is 0 Å². The van der Waals surface area contributed by atoms with Crippen molar-refractivity contribution in [1.82, 2.24) is 0 Å². The lowest BCUT2D eigenvalue weighted by Crippen LogP contribution is -2.55. The summed E-state index contributed by atoms with van der Waals surface area (Å²) in [5.41, 5.74) is 2.08. The fraction of sp³-hybridized carbons (Fsp3) is 0.857. The number of allylic oxidation sites excluding steroid dienone is 1. The minimum atomic E-state index is -0.535. The summed E-state index contributed by atoms with van der Waals surface area (Å²) in [6, 6.07) is 0. The van der Waals surface area contributed by atoms with Crippen LogP contribution >= 0.6 is 0 Å². The van der Waals surface area contributed by atoms with Gasteiger partial charge >= 0.3 is 5.97 Å². The first kappa shape index (κ1) is 15.4. The maximum Gasteiger partial charge on any atom is 0.306 e. The average Bonchev–Trinajstić information content (AvgIpc) is 2.59. The summed E-state index contributed by atoms with van der Waals surface area (Å²) in [7, 11) is 0. The van der Waals surface area contributed by atoms with Crippen molar-refractivity contribution in [1.29, 1.82) is 0 Å². The predicted octanol–water partition coefficient (Wildman–Crippen LogP) is 4.28. The molecule has 1 aliphatic heterocycles. The molecule has 0 amide bonds. The number of rotatable bonds is 1. The molecular formula is C21H30O3. The minimum absolute atomic E-state index is 0.0747. The third-order valence-electron chi connectivity index (χ3n) is 8.50. The molecule has 7 atom stereocenters. The van der Waals surface area contributed by atoms with E-state index in [4.69, 9.17) is 4.74 Å². The fourth-order valence-electron chi connectivity index (χ4n) is 7.68. The SMILES string of the molecule is O=C(O)C1CCCC2C1CCC1C2CC=C2C3CCCC21COC3. The molecule has 0 radical (unpaired) electrons. The molecule has 0 spiro atoms. The molecule has 1 heterocycles. The van der Waals surface area contributed by atoms with E-state index < -0.39 is 5.97 Å². The molecule has 3 nitrogen and oxygen atoms in total. The predicted molar refractivity (Wildman–Crippen MR) is 91.5 cm³/mol. The molecule has 3 heteroatoms. The normalized spacial score (nSPS) is 50.1. The molecule has 5 aliphatic rings. The van der Waals surface area contributed by atoms with Crippen LogP contribution in [0.3, 0.4) is 0 Å². The highest BCUT2D eigenvalue weighted by Gasteiger charge is 2.57. The Morgan fingerprint density at radius 2 is 2.00 bits per heavy atom. The summed E-state index contributed by atoms with van der Waals surface area (Å²) >= 11 is 0. The second kappa shape index (κ2) is 5.59. The largest absolute Gasteiger partial charge is 0.481 e. The molecule has 3 saturated carbocycles. The Bertz CT molecular complexity index is 555. The lowest BCUT2D eigenvalue weighted by molar-refractivity contribution is -0.152. The molecule has 24 heavy (non-hydrogen) atoms. The number of fused-ring (bicyclic) bond motifs is 3. The van der Waals surface area contributed by atoms with Crippen LogP contribution in [0, 0.1) is 40.9 Å². The second-order valence-corrected chi connectivity index (χ2v) is 9.21. The van der Waals surface area contributed by atoms with Gasteiger partial charge in [-0.1, -0.05) is 24.5 Å². The molecule has 2 bridgehead atoms. The highest BCUT2D eigenvalue weighted by Crippen LogP contribution is 2.63. The number of hydrogen-bond donors (Lipinski definition) is 1. The molecule has 1 N–H and O–H groups in total. The van der Waals surface area contributed by atoms with E-state index in [-0.39, 0.29) is 5.92 Å². The molecule has 4 aliphatic carbocycles. The molecule has 0 aromatic carbocycles. The van der Waals surface area contributed by atoms with Gasteiger partial charge in [-0.3, -0.25) is 4.79 Å². The van der Waals surface area contributed by atoms with Gasteiger partial charge in [-0.25, -0.2) is 0 Å². The third-order valence-corrected chi connectivity index (χ3v) is 8.50. The highest BCUT2D eigenvalue weighted by molar-refractivity contribution is 5.70. The highest BCUT2D eigenvalue weighted by atomic mass is 16.5. The number of carbonyl (C=O) groups is 1. The van der Waals surface area contributed by atoms with Crippen LogP contribution in [0.5, 0.6) is 0 Å². The lowest BCUT2D eigenvalue weighted by Gasteiger charge is -2.60. The van der Waals surface area contributed by atoms with E-state index in [1.165, 1.54) is 38.5 Å². The maximum atomic E-state index is 11.7. The van der Waals surface area contributed by atoms with Crippen molar-refractivity contribution in [2.75, 3.05) is 13.2 Å². The van der Waals surface area contributed by atoms with Gasteiger partial charge in [-0.2, -0.15) is 0 Å². The Kier molecular flexibility index (Phi) is 3.59. The van der Waals surface area contributed by atoms with Gasteiger partial charge in [-0.05, 0) is 68.6 Å². The standard InChI is InChI=1S/C21H30O3/c22-20(23)17-5-1-4-14-15(17)6-9-19-16(14)7-8-18-13-3-2-10-21(18,19)12-24-11-13/h8,13-17,19H,1-7,9-12H2,(H,22,23). The van der Waals surface area contributed by atoms with Gasteiger partial charge in [0, 0.05) is 11.3 Å². The summed E-state index contributed by atoms with van der Waals surface area (Å²) in [6.45, 7) is 1.88. The van der Waals surface area contributed by atoms with Crippen LogP contribution in [-0.2, 0) is 9.53 Å². The Morgan fingerprint density at radius 1 is 1.08 bits per heavy atom. The molecule has 0 aromatic rings. The van der Waals surface area contributed by atoms with Gasteiger partial charge in [0.1, 0.15) is 0 Å². The summed E-state index contributed by atoms with van der Waals surface area (Å²) in [4.78, 5) is 11.7. The topological polar surface area (TPSA) is 46.5 Å². The number of carboxylic acid groups (broad SMARTS) is 1. The van der Waals surface area contributed by atoms with E-state index in [0.717, 1.165) is 44.3 Å². The van der Waals surface area contributed by atoms with Crippen LogP contribution in [0.15, 0.2) is 11.6 Å². The molecule has 1 saturated heterocycles. The summed E-state index contributed by atoms with van der Waals surface area (Å²) in [6.07, 6.45) is 13.5. The van der Waals surface area contributed by atoms with Crippen molar-refractivity contribution in [2.24, 2.45) is 40.9 Å². The molecule has 5 rings (SSSR count). The molecule has 0 aromatic heterocycles. The van der Waals surface area contributed by atoms with E-state index >= 15 is 0 Å². The molecular weight excluding hydrogens is 300 g/mol. The molecule has 4 fully saturated rings. The zero-order valence-corrected chi connectivity index (χ0v) is 14.6. The number of ether oxygens (including phenoxy) is 1. The van der Waals surface area contributed by atoms with Gasteiger partial charge in [0.2, 0.25) is 0 Å².